The lowest BCUT2D eigenvalue weighted by atomic mass is 10.3. The first-order chi connectivity index (χ1) is 3.97. The van der Waals surface area contributed by atoms with Gasteiger partial charge in [0, 0.05) is 14.1 Å². The molecular formula is C5H5B2NO. The number of nitrogens with zero attached hydrogens (tertiary/aromatic N) is 1. The summed E-state index contributed by atoms with van der Waals surface area (Å²) in [7, 11) is 1.72. The van der Waals surface area contributed by atoms with Crippen LogP contribution in [-0.4, -0.2) is 20.5 Å². The Hall–Kier alpha value is -0.630. The van der Waals surface area contributed by atoms with Crippen LogP contribution in [0.2, 0.25) is 0 Å². The van der Waals surface area contributed by atoms with Gasteiger partial charge in [0.05, 0.1) is 6.61 Å². The van der Waals surface area contributed by atoms with Crippen molar-refractivity contribution in [2.75, 3.05) is 0 Å². The molecule has 4 heteroatoms. The average Bonchev–Trinajstić information content (AvgIpc) is 2.15. The van der Waals surface area contributed by atoms with Gasteiger partial charge in [0.2, 0.25) is 0 Å². The molecule has 9 heavy (non-hydrogen) atoms. The zero-order valence-corrected chi connectivity index (χ0v) is 4.95. The fourth-order valence-electron chi connectivity index (χ4n) is 0.857. The molecule has 2 nitrogen and oxygen atoms in total. The SMILES string of the molecule is [B].[B]1OCc2cccn21. The number of fused-ring (bicyclic) bond motifs is 1. The Balaban J connectivity index is 0.000000405. The van der Waals surface area contributed by atoms with Crippen molar-refractivity contribution in [2.45, 2.75) is 6.61 Å². The summed E-state index contributed by atoms with van der Waals surface area (Å²) >= 11 is 0. The maximum Gasteiger partial charge on any atom is 0.443 e. The van der Waals surface area contributed by atoms with Gasteiger partial charge in [-0.15, -0.1) is 0 Å². The zero-order valence-electron chi connectivity index (χ0n) is 4.95. The summed E-state index contributed by atoms with van der Waals surface area (Å²) in [6, 6.07) is 4.05. The lowest BCUT2D eigenvalue weighted by Crippen LogP contribution is -1.97. The Bertz CT molecular complexity index is 180. The van der Waals surface area contributed by atoms with Crippen molar-refractivity contribution >= 4 is 16.0 Å². The van der Waals surface area contributed by atoms with Crippen molar-refractivity contribution in [3.63, 3.8) is 0 Å². The number of hydrogen-bond acceptors (Lipinski definition) is 1. The van der Waals surface area contributed by atoms with Crippen molar-refractivity contribution in [1.82, 2.24) is 4.48 Å². The monoisotopic (exact) mass is 117 g/mol. The van der Waals surface area contributed by atoms with Crippen LogP contribution in [0.25, 0.3) is 0 Å². The Kier molecular flexibility index (Phi) is 1.67. The molecule has 0 atom stereocenters. The van der Waals surface area contributed by atoms with Gasteiger partial charge in [-0.1, -0.05) is 0 Å². The van der Waals surface area contributed by atoms with E-state index >= 15 is 0 Å². The van der Waals surface area contributed by atoms with Crippen LogP contribution in [-0.2, 0) is 11.3 Å². The van der Waals surface area contributed by atoms with Crippen LogP contribution >= 0.6 is 0 Å². The van der Waals surface area contributed by atoms with Crippen LogP contribution in [0.15, 0.2) is 18.3 Å². The highest BCUT2D eigenvalue weighted by molar-refractivity contribution is 6.26. The van der Waals surface area contributed by atoms with E-state index in [0.717, 1.165) is 6.61 Å². The molecule has 0 spiro atoms. The molecule has 1 aromatic heterocycles. The molecule has 0 aliphatic carbocycles. The van der Waals surface area contributed by atoms with Crippen molar-refractivity contribution in [3.8, 4) is 0 Å². The third-order valence-electron chi connectivity index (χ3n) is 1.29. The fraction of sp³-hybridized carbons (Fsp3) is 0.200. The third kappa shape index (κ3) is 0.900. The summed E-state index contributed by atoms with van der Waals surface area (Å²) in [5, 5.41) is 0. The van der Waals surface area contributed by atoms with Crippen LogP contribution in [0.3, 0.4) is 0 Å². The number of rotatable bonds is 0. The smallest absolute Gasteiger partial charge is 0.413 e. The predicted molar refractivity (Wildman–Crippen MR) is 36.1 cm³/mol. The van der Waals surface area contributed by atoms with Crippen LogP contribution in [0.1, 0.15) is 5.69 Å². The maximum atomic E-state index is 4.99. The molecule has 42 valence electrons. The van der Waals surface area contributed by atoms with Crippen molar-refractivity contribution in [3.05, 3.63) is 24.0 Å². The van der Waals surface area contributed by atoms with Crippen LogP contribution in [0.4, 0.5) is 0 Å². The maximum absolute atomic E-state index is 4.99. The van der Waals surface area contributed by atoms with Crippen LogP contribution < -0.4 is 0 Å². The second-order valence-electron chi connectivity index (χ2n) is 1.82. The normalized spacial score (nSPS) is 13.8. The van der Waals surface area contributed by atoms with E-state index in [1.165, 1.54) is 5.69 Å². The Morgan fingerprint density at radius 1 is 1.67 bits per heavy atom. The first kappa shape index (κ1) is 6.49. The summed E-state index contributed by atoms with van der Waals surface area (Å²) in [6.07, 6.45) is 1.97. The molecule has 2 heterocycles. The molecule has 1 aromatic rings. The first-order valence-corrected chi connectivity index (χ1v) is 2.57. The molecule has 0 aromatic carbocycles. The largest absolute Gasteiger partial charge is 0.443 e. The molecule has 1 aliphatic rings. The van der Waals surface area contributed by atoms with Crippen molar-refractivity contribution in [1.29, 1.82) is 0 Å². The lowest BCUT2D eigenvalue weighted by molar-refractivity contribution is 0.345. The molecule has 2 rings (SSSR count). The van der Waals surface area contributed by atoms with Crippen molar-refractivity contribution < 1.29 is 4.65 Å². The molecule has 0 bridgehead atoms. The van der Waals surface area contributed by atoms with E-state index in [9.17, 15) is 0 Å². The van der Waals surface area contributed by atoms with Crippen LogP contribution in [0.5, 0.6) is 0 Å². The van der Waals surface area contributed by atoms with Gasteiger partial charge in [0.25, 0.3) is 0 Å². The molecule has 4 radical (unpaired) electrons. The minimum absolute atomic E-state index is 0. The predicted octanol–water partition coefficient (Wildman–Crippen LogP) is 0.0198. The van der Waals surface area contributed by atoms with E-state index in [2.05, 4.69) is 0 Å². The molecule has 0 unspecified atom stereocenters. The zero-order chi connectivity index (χ0) is 5.40. The van der Waals surface area contributed by atoms with Gasteiger partial charge < -0.3 is 9.13 Å². The average molecular weight is 117 g/mol. The highest BCUT2D eigenvalue weighted by atomic mass is 16.4. The van der Waals surface area contributed by atoms with Gasteiger partial charge in [-0.2, -0.15) is 0 Å². The Morgan fingerprint density at radius 3 is 3.33 bits per heavy atom. The van der Waals surface area contributed by atoms with Crippen molar-refractivity contribution in [2.24, 2.45) is 0 Å². The minimum atomic E-state index is 0. The van der Waals surface area contributed by atoms with E-state index in [4.69, 9.17) is 4.65 Å². The molecular weight excluding hydrogens is 112 g/mol. The van der Waals surface area contributed by atoms with E-state index < -0.39 is 0 Å². The van der Waals surface area contributed by atoms with Gasteiger partial charge in [-0.05, 0) is 18.3 Å². The quantitative estimate of drug-likeness (QED) is 0.436. The Labute approximate surface area is 56.7 Å². The highest BCUT2D eigenvalue weighted by Crippen LogP contribution is 2.07. The topological polar surface area (TPSA) is 14.2 Å². The van der Waals surface area contributed by atoms with Gasteiger partial charge in [-0.25, -0.2) is 0 Å². The summed E-state index contributed by atoms with van der Waals surface area (Å²) < 4.78 is 6.97. The summed E-state index contributed by atoms with van der Waals surface area (Å²) in [6.45, 7) is 0.729. The van der Waals surface area contributed by atoms with E-state index in [0.29, 0.717) is 0 Å². The first-order valence-electron chi connectivity index (χ1n) is 2.57. The molecule has 1 aliphatic heterocycles. The van der Waals surface area contributed by atoms with Gasteiger partial charge >= 0.3 is 7.62 Å². The minimum Gasteiger partial charge on any atom is -0.413 e. The van der Waals surface area contributed by atoms with E-state index in [1.54, 1.807) is 7.62 Å². The molecule has 0 N–H and O–H groups in total. The summed E-state index contributed by atoms with van der Waals surface area (Å²) in [5.41, 5.74) is 1.23. The van der Waals surface area contributed by atoms with Gasteiger partial charge in [0.1, 0.15) is 0 Å². The van der Waals surface area contributed by atoms with E-state index in [1.807, 2.05) is 22.8 Å². The standard InChI is InChI=1S/C5H5BNO.B/c1-2-5-4-8-6-7(5)3-1;/h1-3H,4H2;. The van der Waals surface area contributed by atoms with Gasteiger partial charge in [-0.3, -0.25) is 0 Å². The van der Waals surface area contributed by atoms with Gasteiger partial charge in [0.15, 0.2) is 0 Å². The van der Waals surface area contributed by atoms with Crippen LogP contribution in [0, 0.1) is 0 Å². The van der Waals surface area contributed by atoms with E-state index in [-0.39, 0.29) is 8.41 Å². The second kappa shape index (κ2) is 2.31. The Morgan fingerprint density at radius 2 is 2.56 bits per heavy atom. The molecule has 0 amide bonds. The summed E-state index contributed by atoms with van der Waals surface area (Å²) in [4.78, 5) is 0. The summed E-state index contributed by atoms with van der Waals surface area (Å²) in [5.74, 6) is 0. The molecule has 0 saturated heterocycles. The highest BCUT2D eigenvalue weighted by Gasteiger charge is 2.09. The molecule has 0 fully saturated rings. The second-order valence-corrected chi connectivity index (χ2v) is 1.82. The number of aromatic nitrogens is 1. The third-order valence-corrected chi connectivity index (χ3v) is 1.29. The fourth-order valence-corrected chi connectivity index (χ4v) is 0.857. The lowest BCUT2D eigenvalue weighted by Gasteiger charge is -1.85. The number of hydrogen-bond donors (Lipinski definition) is 0. The molecule has 0 saturated carbocycles.